The molecule has 0 heterocycles. The normalized spacial score (nSPS) is 11.8. The highest BCUT2D eigenvalue weighted by molar-refractivity contribution is 6.33. The van der Waals surface area contributed by atoms with Crippen molar-refractivity contribution in [3.8, 4) is 0 Å². The van der Waals surface area contributed by atoms with Gasteiger partial charge in [-0.1, -0.05) is 29.3 Å². The van der Waals surface area contributed by atoms with Gasteiger partial charge >= 0.3 is 11.9 Å². The van der Waals surface area contributed by atoms with Gasteiger partial charge in [-0.05, 0) is 24.6 Å². The second kappa shape index (κ2) is 7.48. The van der Waals surface area contributed by atoms with Crippen LogP contribution in [0.5, 0.6) is 0 Å². The van der Waals surface area contributed by atoms with Crippen LogP contribution in [0.1, 0.15) is 23.5 Å². The molecule has 25 heavy (non-hydrogen) atoms. The summed E-state index contributed by atoms with van der Waals surface area (Å²) < 4.78 is 27.1. The minimum atomic E-state index is -1.35. The number of carboxylic acids is 2. The number of rotatable bonds is 6. The van der Waals surface area contributed by atoms with Crippen LogP contribution in [0.4, 0.5) is 20.2 Å². The predicted molar refractivity (Wildman–Crippen MR) is 88.5 cm³/mol. The smallest absolute Gasteiger partial charge is 0.311 e. The average molecular weight is 370 g/mol. The van der Waals surface area contributed by atoms with Gasteiger partial charge in [0.2, 0.25) is 0 Å². The highest BCUT2D eigenvalue weighted by Crippen LogP contribution is 2.34. The zero-order valence-corrected chi connectivity index (χ0v) is 13.8. The van der Waals surface area contributed by atoms with Crippen LogP contribution in [-0.4, -0.2) is 22.2 Å². The zero-order valence-electron chi connectivity index (χ0n) is 13.0. The van der Waals surface area contributed by atoms with E-state index in [0.717, 1.165) is 6.07 Å². The number of aliphatic carboxylic acids is 2. The van der Waals surface area contributed by atoms with Gasteiger partial charge in [0.25, 0.3) is 0 Å². The monoisotopic (exact) mass is 369 g/mol. The molecular weight excluding hydrogens is 356 g/mol. The summed E-state index contributed by atoms with van der Waals surface area (Å²) in [4.78, 5) is 22.5. The van der Waals surface area contributed by atoms with E-state index in [1.165, 1.54) is 12.1 Å². The maximum Gasteiger partial charge on any atom is 0.311 e. The fraction of sp³-hybridized carbons (Fsp3) is 0.176. The number of carboxylic acid groups (broad SMARTS) is 2. The van der Waals surface area contributed by atoms with Crippen molar-refractivity contribution in [2.24, 2.45) is 0 Å². The minimum Gasteiger partial charge on any atom is -0.481 e. The van der Waals surface area contributed by atoms with Crippen molar-refractivity contribution < 1.29 is 28.6 Å². The molecule has 0 spiro atoms. The molecule has 0 bridgehead atoms. The Labute approximate surface area is 146 Å². The number of hydrogen-bond acceptors (Lipinski definition) is 3. The summed E-state index contributed by atoms with van der Waals surface area (Å²) in [6.07, 6.45) is -0.646. The number of hydrogen-bond donors (Lipinski definition) is 3. The van der Waals surface area contributed by atoms with Gasteiger partial charge in [0.15, 0.2) is 5.82 Å². The molecule has 0 aliphatic carbocycles. The highest BCUT2D eigenvalue weighted by atomic mass is 35.5. The third-order valence-electron chi connectivity index (χ3n) is 3.53. The number of carbonyl (C=O) groups is 2. The lowest BCUT2D eigenvalue weighted by Gasteiger charge is -2.18. The largest absolute Gasteiger partial charge is 0.481 e. The molecule has 1 atom stereocenters. The molecule has 2 rings (SSSR count). The van der Waals surface area contributed by atoms with Gasteiger partial charge in [-0.3, -0.25) is 9.59 Å². The van der Waals surface area contributed by atoms with Crippen LogP contribution in [-0.2, 0) is 9.59 Å². The first-order valence-corrected chi connectivity index (χ1v) is 7.53. The molecule has 8 heteroatoms. The van der Waals surface area contributed by atoms with Gasteiger partial charge < -0.3 is 15.5 Å². The van der Waals surface area contributed by atoms with Crippen LogP contribution in [0, 0.1) is 18.6 Å². The first-order valence-electron chi connectivity index (χ1n) is 7.15. The second-order valence-electron chi connectivity index (χ2n) is 5.45. The van der Waals surface area contributed by atoms with Gasteiger partial charge in [0.05, 0.1) is 23.0 Å². The topological polar surface area (TPSA) is 86.6 Å². The fourth-order valence-electron chi connectivity index (χ4n) is 2.39. The number of benzene rings is 2. The van der Waals surface area contributed by atoms with Crippen molar-refractivity contribution in [2.75, 3.05) is 5.32 Å². The Morgan fingerprint density at radius 1 is 1.20 bits per heavy atom. The van der Waals surface area contributed by atoms with Crippen molar-refractivity contribution in [2.45, 2.75) is 19.3 Å². The van der Waals surface area contributed by atoms with Crippen LogP contribution in [0.3, 0.4) is 0 Å². The van der Waals surface area contributed by atoms with Crippen molar-refractivity contribution in [3.63, 3.8) is 0 Å². The summed E-state index contributed by atoms with van der Waals surface area (Å²) in [6, 6.07) is 6.17. The van der Waals surface area contributed by atoms with E-state index in [1.54, 1.807) is 13.0 Å². The summed E-state index contributed by atoms with van der Waals surface area (Å²) in [5, 5.41) is 20.7. The lowest BCUT2D eigenvalue weighted by molar-refractivity contribution is -0.145. The molecule has 1 unspecified atom stereocenters. The molecule has 0 saturated carbocycles. The highest BCUT2D eigenvalue weighted by Gasteiger charge is 2.26. The van der Waals surface area contributed by atoms with Crippen molar-refractivity contribution in [3.05, 3.63) is 58.1 Å². The Morgan fingerprint density at radius 2 is 1.88 bits per heavy atom. The Hall–Kier alpha value is -2.67. The van der Waals surface area contributed by atoms with Crippen molar-refractivity contribution in [1.29, 1.82) is 0 Å². The molecule has 0 aromatic heterocycles. The minimum absolute atomic E-state index is 0.162. The van der Waals surface area contributed by atoms with Crippen LogP contribution >= 0.6 is 11.6 Å². The molecule has 0 fully saturated rings. The number of nitrogens with one attached hydrogen (secondary N) is 1. The van der Waals surface area contributed by atoms with E-state index in [9.17, 15) is 23.5 Å². The van der Waals surface area contributed by atoms with Crippen molar-refractivity contribution in [1.82, 2.24) is 0 Å². The van der Waals surface area contributed by atoms with E-state index >= 15 is 0 Å². The first kappa shape index (κ1) is 18.7. The van der Waals surface area contributed by atoms with E-state index in [4.69, 9.17) is 16.7 Å². The maximum absolute atomic E-state index is 14.0. The SMILES string of the molecule is Cc1ccc(Nc2c(F)cc(F)cc2Cl)c(C(CC(=O)O)C(=O)O)c1. The molecule has 0 radical (unpaired) electrons. The van der Waals surface area contributed by atoms with Gasteiger partial charge in [0, 0.05) is 11.8 Å². The van der Waals surface area contributed by atoms with Crippen molar-refractivity contribution >= 4 is 34.9 Å². The molecular formula is C17H14ClF2NO4. The summed E-state index contributed by atoms with van der Waals surface area (Å²) in [5.74, 6) is -5.78. The molecule has 5 nitrogen and oxygen atoms in total. The van der Waals surface area contributed by atoms with E-state index in [1.807, 2.05) is 0 Å². The maximum atomic E-state index is 14.0. The van der Waals surface area contributed by atoms with E-state index in [2.05, 4.69) is 5.32 Å². The van der Waals surface area contributed by atoms with Gasteiger partial charge in [0.1, 0.15) is 5.82 Å². The summed E-state index contributed by atoms with van der Waals surface area (Å²) >= 11 is 5.84. The van der Waals surface area contributed by atoms with Crippen LogP contribution in [0.25, 0.3) is 0 Å². The number of aryl methyl sites for hydroxylation is 1. The Bertz CT molecular complexity index is 818. The molecule has 132 valence electrons. The third-order valence-corrected chi connectivity index (χ3v) is 3.82. The fourth-order valence-corrected chi connectivity index (χ4v) is 2.63. The Morgan fingerprint density at radius 3 is 2.44 bits per heavy atom. The van der Waals surface area contributed by atoms with E-state index in [-0.39, 0.29) is 22.0 Å². The van der Waals surface area contributed by atoms with Crippen LogP contribution in [0.2, 0.25) is 5.02 Å². The molecule has 0 aliphatic heterocycles. The Balaban J connectivity index is 2.52. The molecule has 2 aromatic rings. The van der Waals surface area contributed by atoms with Gasteiger partial charge in [-0.15, -0.1) is 0 Å². The molecule has 0 saturated heterocycles. The standard InChI is InChI=1S/C17H14ClF2NO4/c1-8-2-3-14(10(4-8)11(17(24)25)7-15(22)23)21-16-12(18)5-9(19)6-13(16)20/h2-6,11,21H,7H2,1H3,(H,22,23)(H,24,25). The number of anilines is 2. The first-order chi connectivity index (χ1) is 11.7. The van der Waals surface area contributed by atoms with Gasteiger partial charge in [-0.25, -0.2) is 8.78 Å². The molecule has 2 aromatic carbocycles. The third kappa shape index (κ3) is 4.45. The summed E-state index contributed by atoms with van der Waals surface area (Å²) in [7, 11) is 0. The lowest BCUT2D eigenvalue weighted by atomic mass is 9.92. The number of halogens is 3. The second-order valence-corrected chi connectivity index (χ2v) is 5.86. The summed E-state index contributed by atoms with van der Waals surface area (Å²) in [5.41, 5.74) is 0.803. The van der Waals surface area contributed by atoms with Crippen LogP contribution < -0.4 is 5.32 Å². The van der Waals surface area contributed by atoms with E-state index in [0.29, 0.717) is 11.6 Å². The lowest BCUT2D eigenvalue weighted by Crippen LogP contribution is -2.17. The summed E-state index contributed by atoms with van der Waals surface area (Å²) in [6.45, 7) is 1.71. The Kier molecular flexibility index (Phi) is 5.58. The predicted octanol–water partition coefficient (Wildman–Crippen LogP) is 4.31. The quantitative estimate of drug-likeness (QED) is 0.706. The average Bonchev–Trinajstić information content (AvgIpc) is 2.49. The molecule has 0 amide bonds. The van der Waals surface area contributed by atoms with Gasteiger partial charge in [-0.2, -0.15) is 0 Å². The zero-order chi connectivity index (χ0) is 18.7. The van der Waals surface area contributed by atoms with E-state index < -0.39 is 35.9 Å². The molecule has 3 N–H and O–H groups in total. The van der Waals surface area contributed by atoms with Crippen LogP contribution in [0.15, 0.2) is 30.3 Å². The molecule has 0 aliphatic rings.